The predicted molar refractivity (Wildman–Crippen MR) is 77.5 cm³/mol. The summed E-state index contributed by atoms with van der Waals surface area (Å²) in [7, 11) is 0. The first kappa shape index (κ1) is 12.8. The third kappa shape index (κ3) is 2.18. The number of rotatable bonds is 3. The molecule has 1 fully saturated rings. The summed E-state index contributed by atoms with van der Waals surface area (Å²) < 4.78 is 0. The fourth-order valence-electron chi connectivity index (χ4n) is 2.59. The summed E-state index contributed by atoms with van der Waals surface area (Å²) in [5.41, 5.74) is 6.37. The molecular formula is C14H16N4O2. The van der Waals surface area contributed by atoms with Crippen LogP contribution in [0, 0.1) is 0 Å². The van der Waals surface area contributed by atoms with Crippen molar-refractivity contribution in [3.8, 4) is 0 Å². The van der Waals surface area contributed by atoms with Crippen LogP contribution < -0.4 is 21.5 Å². The molecule has 1 aromatic carbocycles. The maximum atomic E-state index is 11.5. The Hall–Kier alpha value is -2.21. The molecule has 0 amide bonds. The molecule has 0 radical (unpaired) electrons. The Balaban J connectivity index is 1.60. The van der Waals surface area contributed by atoms with Crippen molar-refractivity contribution in [1.82, 2.24) is 9.88 Å². The van der Waals surface area contributed by atoms with E-state index < -0.39 is 10.9 Å². The van der Waals surface area contributed by atoms with Gasteiger partial charge in [-0.25, -0.2) is 0 Å². The van der Waals surface area contributed by atoms with Gasteiger partial charge in [-0.2, -0.15) is 0 Å². The second-order valence-electron chi connectivity index (χ2n) is 5.04. The second kappa shape index (κ2) is 5.05. The largest absolute Gasteiger partial charge is 0.394 e. The molecule has 1 aliphatic heterocycles. The highest BCUT2D eigenvalue weighted by Gasteiger charge is 2.26. The molecule has 3 rings (SSSR count). The van der Waals surface area contributed by atoms with Gasteiger partial charge in [0.05, 0.1) is 0 Å². The molecule has 0 atom stereocenters. The Labute approximate surface area is 116 Å². The van der Waals surface area contributed by atoms with Crippen LogP contribution in [0.25, 0.3) is 0 Å². The zero-order chi connectivity index (χ0) is 14.1. The van der Waals surface area contributed by atoms with Crippen molar-refractivity contribution in [2.24, 2.45) is 0 Å². The monoisotopic (exact) mass is 272 g/mol. The minimum Gasteiger partial charge on any atom is -0.394 e. The fourth-order valence-corrected chi connectivity index (χ4v) is 2.59. The molecule has 1 saturated heterocycles. The first-order valence-corrected chi connectivity index (χ1v) is 6.62. The van der Waals surface area contributed by atoms with Crippen molar-refractivity contribution in [2.75, 3.05) is 36.8 Å². The van der Waals surface area contributed by atoms with Gasteiger partial charge in [-0.15, -0.1) is 0 Å². The quantitative estimate of drug-likeness (QED) is 0.765. The van der Waals surface area contributed by atoms with Gasteiger partial charge < -0.3 is 10.6 Å². The van der Waals surface area contributed by atoms with Crippen LogP contribution in [0.15, 0.2) is 34.1 Å². The zero-order valence-electron chi connectivity index (χ0n) is 11.1. The minimum atomic E-state index is -0.542. The van der Waals surface area contributed by atoms with E-state index in [0.29, 0.717) is 5.69 Å². The fraction of sp³-hybridized carbons (Fsp3) is 0.357. The van der Waals surface area contributed by atoms with Crippen LogP contribution in [-0.2, 0) is 6.54 Å². The number of nitrogens with zero attached hydrogens (tertiary/aromatic N) is 3. The van der Waals surface area contributed by atoms with Crippen LogP contribution in [0.2, 0.25) is 0 Å². The number of hydrogen-bond acceptors (Lipinski definition) is 6. The molecule has 0 spiro atoms. The van der Waals surface area contributed by atoms with Gasteiger partial charge in [0.1, 0.15) is 11.4 Å². The summed E-state index contributed by atoms with van der Waals surface area (Å²) in [6.45, 7) is 4.01. The van der Waals surface area contributed by atoms with Crippen molar-refractivity contribution < 1.29 is 0 Å². The lowest BCUT2D eigenvalue weighted by atomic mass is 10.1. The van der Waals surface area contributed by atoms with Crippen LogP contribution in [0.4, 0.5) is 11.4 Å². The Kier molecular flexibility index (Phi) is 3.23. The minimum absolute atomic E-state index is 0.123. The SMILES string of the molecule is Nc1c(N2CCN(Cc3ccncc3)CC2)c(=O)c1=O. The maximum absolute atomic E-state index is 11.5. The number of hydrogen-bond donors (Lipinski definition) is 1. The van der Waals surface area contributed by atoms with E-state index in [2.05, 4.69) is 9.88 Å². The summed E-state index contributed by atoms with van der Waals surface area (Å²) in [5, 5.41) is 0. The van der Waals surface area contributed by atoms with E-state index in [1.54, 1.807) is 12.4 Å². The number of aromatic nitrogens is 1. The van der Waals surface area contributed by atoms with Crippen molar-refractivity contribution >= 4 is 11.4 Å². The molecule has 0 unspecified atom stereocenters. The Morgan fingerprint density at radius 2 is 1.70 bits per heavy atom. The van der Waals surface area contributed by atoms with Gasteiger partial charge in [0.25, 0.3) is 10.9 Å². The lowest BCUT2D eigenvalue weighted by Gasteiger charge is -2.36. The summed E-state index contributed by atoms with van der Waals surface area (Å²) in [4.78, 5) is 30.9. The van der Waals surface area contributed by atoms with Gasteiger partial charge in [0.2, 0.25) is 0 Å². The number of nitrogen functional groups attached to an aromatic ring is 1. The first-order chi connectivity index (χ1) is 9.66. The van der Waals surface area contributed by atoms with Crippen LogP contribution >= 0.6 is 0 Å². The molecule has 104 valence electrons. The molecule has 6 heteroatoms. The predicted octanol–water partition coefficient (Wildman–Crippen LogP) is -0.418. The van der Waals surface area contributed by atoms with Gasteiger partial charge in [-0.05, 0) is 17.7 Å². The number of pyridine rings is 1. The van der Waals surface area contributed by atoms with Crippen molar-refractivity contribution in [3.05, 3.63) is 50.5 Å². The van der Waals surface area contributed by atoms with Crippen LogP contribution in [0.1, 0.15) is 5.56 Å². The average molecular weight is 272 g/mol. The van der Waals surface area contributed by atoms with E-state index in [1.165, 1.54) is 5.56 Å². The third-order valence-electron chi connectivity index (χ3n) is 3.77. The lowest BCUT2D eigenvalue weighted by Crippen LogP contribution is -2.51. The lowest BCUT2D eigenvalue weighted by molar-refractivity contribution is 0.249. The molecule has 2 aromatic rings. The van der Waals surface area contributed by atoms with Crippen LogP contribution in [0.3, 0.4) is 0 Å². The number of anilines is 2. The van der Waals surface area contributed by atoms with Gasteiger partial charge in [0.15, 0.2) is 0 Å². The van der Waals surface area contributed by atoms with E-state index in [4.69, 9.17) is 5.73 Å². The maximum Gasteiger partial charge on any atom is 0.253 e. The molecule has 0 bridgehead atoms. The number of nitrogens with two attached hydrogens (primary N) is 1. The molecule has 6 nitrogen and oxygen atoms in total. The van der Waals surface area contributed by atoms with E-state index in [1.807, 2.05) is 17.0 Å². The third-order valence-corrected chi connectivity index (χ3v) is 3.77. The first-order valence-electron chi connectivity index (χ1n) is 6.62. The van der Waals surface area contributed by atoms with Gasteiger partial charge >= 0.3 is 0 Å². The zero-order valence-corrected chi connectivity index (χ0v) is 11.1. The Morgan fingerprint density at radius 1 is 1.05 bits per heavy atom. The standard InChI is InChI=1S/C14H16N4O2/c15-11-12(14(20)13(11)19)18-7-5-17(6-8-18)9-10-1-3-16-4-2-10/h1-4H,5-9,15H2. The smallest absolute Gasteiger partial charge is 0.253 e. The van der Waals surface area contributed by atoms with Gasteiger partial charge in [-0.1, -0.05) is 0 Å². The Morgan fingerprint density at radius 3 is 2.30 bits per heavy atom. The van der Waals surface area contributed by atoms with Crippen LogP contribution in [-0.4, -0.2) is 36.1 Å². The van der Waals surface area contributed by atoms with E-state index in [0.717, 1.165) is 32.7 Å². The van der Waals surface area contributed by atoms with Crippen molar-refractivity contribution in [3.63, 3.8) is 0 Å². The normalized spacial score (nSPS) is 16.7. The van der Waals surface area contributed by atoms with Gasteiger partial charge in [-0.3, -0.25) is 19.5 Å². The highest BCUT2D eigenvalue weighted by molar-refractivity contribution is 5.72. The topological polar surface area (TPSA) is 79.5 Å². The van der Waals surface area contributed by atoms with Gasteiger partial charge in [0, 0.05) is 45.1 Å². The van der Waals surface area contributed by atoms with Crippen molar-refractivity contribution in [1.29, 1.82) is 0 Å². The van der Waals surface area contributed by atoms with E-state index in [9.17, 15) is 9.59 Å². The highest BCUT2D eigenvalue weighted by Crippen LogP contribution is 2.19. The van der Waals surface area contributed by atoms with Crippen molar-refractivity contribution in [2.45, 2.75) is 6.54 Å². The van der Waals surface area contributed by atoms with E-state index in [-0.39, 0.29) is 5.69 Å². The summed E-state index contributed by atoms with van der Waals surface area (Å²) in [5.74, 6) is 0. The highest BCUT2D eigenvalue weighted by atomic mass is 16.2. The van der Waals surface area contributed by atoms with E-state index >= 15 is 0 Å². The molecule has 1 aromatic heterocycles. The average Bonchev–Trinajstić information content (AvgIpc) is 2.50. The molecule has 0 saturated carbocycles. The number of piperazine rings is 1. The molecule has 20 heavy (non-hydrogen) atoms. The summed E-state index contributed by atoms with van der Waals surface area (Å²) >= 11 is 0. The molecule has 2 heterocycles. The Bertz CT molecular complexity index is 668. The molecule has 1 aliphatic rings. The summed E-state index contributed by atoms with van der Waals surface area (Å²) in [6.07, 6.45) is 3.57. The molecular weight excluding hydrogens is 256 g/mol. The molecule has 2 N–H and O–H groups in total. The summed E-state index contributed by atoms with van der Waals surface area (Å²) in [6, 6.07) is 4.00. The second-order valence-corrected chi connectivity index (χ2v) is 5.04. The van der Waals surface area contributed by atoms with Crippen LogP contribution in [0.5, 0.6) is 0 Å². The molecule has 0 aliphatic carbocycles.